The highest BCUT2D eigenvalue weighted by Gasteiger charge is 2.33. The topological polar surface area (TPSA) is 80.6 Å². The van der Waals surface area contributed by atoms with E-state index in [0.29, 0.717) is 19.6 Å². The molecule has 1 aromatic carbocycles. The van der Waals surface area contributed by atoms with E-state index >= 15 is 0 Å². The van der Waals surface area contributed by atoms with E-state index in [1.807, 2.05) is 58.0 Å². The predicted molar refractivity (Wildman–Crippen MR) is 99.7 cm³/mol. The number of aromatic nitrogens is 3. The number of hydrogen-bond acceptors (Lipinski definition) is 5. The van der Waals surface area contributed by atoms with Crippen molar-refractivity contribution in [2.75, 3.05) is 19.6 Å². The normalized spacial score (nSPS) is 17.7. The number of para-hydroxylation sites is 1. The highest BCUT2D eigenvalue weighted by molar-refractivity contribution is 5.90. The van der Waals surface area contributed by atoms with Gasteiger partial charge < -0.3 is 14.5 Å². The molecule has 27 heavy (non-hydrogen) atoms. The number of hydrogen-bond donors (Lipinski definition) is 0. The molecule has 1 aliphatic heterocycles. The third-order valence-corrected chi connectivity index (χ3v) is 4.24. The number of piperazine rings is 1. The number of rotatable bonds is 2. The molecule has 1 saturated heterocycles. The Bertz CT molecular complexity index is 812. The molecule has 8 heteroatoms. The van der Waals surface area contributed by atoms with Crippen molar-refractivity contribution in [3.63, 3.8) is 0 Å². The molecule has 0 spiro atoms. The molecule has 2 aromatic rings. The zero-order chi connectivity index (χ0) is 19.6. The van der Waals surface area contributed by atoms with Gasteiger partial charge in [0.25, 0.3) is 5.91 Å². The van der Waals surface area contributed by atoms with Gasteiger partial charge in [0.1, 0.15) is 11.9 Å². The Morgan fingerprint density at radius 2 is 1.85 bits per heavy atom. The Balaban J connectivity index is 1.65. The molecular weight excluding hydrogens is 346 g/mol. The van der Waals surface area contributed by atoms with Gasteiger partial charge in [0.05, 0.1) is 5.69 Å². The molecule has 1 fully saturated rings. The molecule has 3 rings (SSSR count). The fourth-order valence-corrected chi connectivity index (χ4v) is 2.95. The lowest BCUT2D eigenvalue weighted by molar-refractivity contribution is 0.00594. The molecule has 144 valence electrons. The number of benzene rings is 1. The summed E-state index contributed by atoms with van der Waals surface area (Å²) < 4.78 is 6.99. The van der Waals surface area contributed by atoms with Crippen LogP contribution in [0.1, 0.15) is 38.3 Å². The van der Waals surface area contributed by atoms with Crippen molar-refractivity contribution in [2.45, 2.75) is 39.3 Å². The zero-order valence-electron chi connectivity index (χ0n) is 16.1. The summed E-state index contributed by atoms with van der Waals surface area (Å²) in [6.45, 7) is 8.67. The van der Waals surface area contributed by atoms with Gasteiger partial charge >= 0.3 is 6.09 Å². The summed E-state index contributed by atoms with van der Waals surface area (Å²) in [5, 5.41) is 4.30. The van der Waals surface area contributed by atoms with Gasteiger partial charge in [-0.25, -0.2) is 14.5 Å². The summed E-state index contributed by atoms with van der Waals surface area (Å²) in [7, 11) is 0. The quantitative estimate of drug-likeness (QED) is 0.809. The second-order valence-corrected chi connectivity index (χ2v) is 7.62. The second kappa shape index (κ2) is 7.38. The van der Waals surface area contributed by atoms with Crippen molar-refractivity contribution in [3.8, 4) is 5.69 Å². The highest BCUT2D eigenvalue weighted by atomic mass is 16.6. The van der Waals surface area contributed by atoms with Crippen molar-refractivity contribution in [3.05, 3.63) is 42.5 Å². The first-order valence-corrected chi connectivity index (χ1v) is 9.00. The Labute approximate surface area is 158 Å². The maximum absolute atomic E-state index is 12.8. The van der Waals surface area contributed by atoms with Crippen LogP contribution < -0.4 is 0 Å². The van der Waals surface area contributed by atoms with Crippen molar-refractivity contribution in [2.24, 2.45) is 0 Å². The minimum atomic E-state index is -0.540. The average Bonchev–Trinajstić information content (AvgIpc) is 3.10. The maximum Gasteiger partial charge on any atom is 0.410 e. The largest absolute Gasteiger partial charge is 0.444 e. The van der Waals surface area contributed by atoms with Gasteiger partial charge in [-0.15, -0.1) is 5.10 Å². The highest BCUT2D eigenvalue weighted by Crippen LogP contribution is 2.16. The van der Waals surface area contributed by atoms with Crippen molar-refractivity contribution < 1.29 is 14.3 Å². The van der Waals surface area contributed by atoms with Crippen LogP contribution in [0.4, 0.5) is 4.79 Å². The zero-order valence-corrected chi connectivity index (χ0v) is 16.1. The molecule has 2 heterocycles. The van der Waals surface area contributed by atoms with E-state index in [1.165, 1.54) is 6.33 Å². The summed E-state index contributed by atoms with van der Waals surface area (Å²) >= 11 is 0. The van der Waals surface area contributed by atoms with Crippen LogP contribution in [0.15, 0.2) is 36.7 Å². The summed E-state index contributed by atoms with van der Waals surface area (Å²) in [4.78, 5) is 32.5. The van der Waals surface area contributed by atoms with Gasteiger partial charge in [-0.2, -0.15) is 0 Å². The predicted octanol–water partition coefficient (Wildman–Crippen LogP) is 2.35. The van der Waals surface area contributed by atoms with Crippen molar-refractivity contribution in [1.29, 1.82) is 0 Å². The van der Waals surface area contributed by atoms with E-state index in [2.05, 4.69) is 10.1 Å². The summed E-state index contributed by atoms with van der Waals surface area (Å²) in [6.07, 6.45) is 1.18. The van der Waals surface area contributed by atoms with E-state index in [9.17, 15) is 9.59 Å². The Hall–Kier alpha value is -2.90. The number of nitrogens with zero attached hydrogens (tertiary/aromatic N) is 5. The summed E-state index contributed by atoms with van der Waals surface area (Å²) in [5.74, 6) is -0.0857. The van der Waals surface area contributed by atoms with Crippen LogP contribution in [0, 0.1) is 0 Å². The van der Waals surface area contributed by atoms with Gasteiger partial charge in [-0.3, -0.25) is 4.79 Å². The molecule has 1 aromatic heterocycles. The number of ether oxygens (including phenoxy) is 1. The lowest BCUT2D eigenvalue weighted by Crippen LogP contribution is -2.56. The standard InChI is InChI=1S/C19H25N5O3/c1-14-12-22(18(26)27-19(2,3)4)10-11-23(14)17(25)16-20-13-24(21-16)15-8-6-5-7-9-15/h5-9,13-14H,10-12H2,1-4H3. The summed E-state index contributed by atoms with van der Waals surface area (Å²) in [6, 6.07) is 9.35. The van der Waals surface area contributed by atoms with Crippen LogP contribution in [0.5, 0.6) is 0 Å². The molecule has 1 atom stereocenters. The van der Waals surface area contributed by atoms with E-state index in [0.717, 1.165) is 5.69 Å². The number of amides is 2. The van der Waals surface area contributed by atoms with Gasteiger partial charge in [-0.1, -0.05) is 18.2 Å². The Morgan fingerprint density at radius 1 is 1.15 bits per heavy atom. The van der Waals surface area contributed by atoms with Crippen molar-refractivity contribution >= 4 is 12.0 Å². The van der Waals surface area contributed by atoms with Gasteiger partial charge in [0.15, 0.2) is 0 Å². The van der Waals surface area contributed by atoms with Crippen LogP contribution in [0.3, 0.4) is 0 Å². The molecule has 1 aliphatic rings. The van der Waals surface area contributed by atoms with E-state index in [1.54, 1.807) is 14.5 Å². The molecule has 0 radical (unpaired) electrons. The molecule has 0 saturated carbocycles. The van der Waals surface area contributed by atoms with Crippen molar-refractivity contribution in [1.82, 2.24) is 24.6 Å². The Morgan fingerprint density at radius 3 is 2.48 bits per heavy atom. The third-order valence-electron chi connectivity index (χ3n) is 4.24. The lowest BCUT2D eigenvalue weighted by atomic mass is 10.2. The molecular formula is C19H25N5O3. The Kier molecular flexibility index (Phi) is 5.16. The molecule has 2 amide bonds. The van der Waals surface area contributed by atoms with E-state index in [4.69, 9.17) is 4.74 Å². The molecule has 0 N–H and O–H groups in total. The van der Waals surface area contributed by atoms with Crippen LogP contribution in [0.25, 0.3) is 5.69 Å². The molecule has 1 unspecified atom stereocenters. The van der Waals surface area contributed by atoms with Gasteiger partial charge in [0, 0.05) is 25.7 Å². The summed E-state index contributed by atoms with van der Waals surface area (Å²) in [5.41, 5.74) is 0.299. The van der Waals surface area contributed by atoms with Gasteiger partial charge in [0.2, 0.25) is 5.82 Å². The minimum Gasteiger partial charge on any atom is -0.444 e. The first kappa shape index (κ1) is 18.9. The smallest absolute Gasteiger partial charge is 0.410 e. The minimum absolute atomic E-state index is 0.149. The molecule has 8 nitrogen and oxygen atoms in total. The van der Waals surface area contributed by atoms with Crippen LogP contribution >= 0.6 is 0 Å². The number of carbonyl (C=O) groups is 2. The maximum atomic E-state index is 12.8. The molecule has 0 bridgehead atoms. The number of carbonyl (C=O) groups excluding carboxylic acids is 2. The van der Waals surface area contributed by atoms with E-state index < -0.39 is 5.60 Å². The van der Waals surface area contributed by atoms with Crippen LogP contribution in [-0.2, 0) is 4.74 Å². The average molecular weight is 371 g/mol. The fraction of sp³-hybridized carbons (Fsp3) is 0.474. The fourth-order valence-electron chi connectivity index (χ4n) is 2.95. The second-order valence-electron chi connectivity index (χ2n) is 7.62. The lowest BCUT2D eigenvalue weighted by Gasteiger charge is -2.39. The van der Waals surface area contributed by atoms with E-state index in [-0.39, 0.29) is 23.9 Å². The monoisotopic (exact) mass is 371 g/mol. The third kappa shape index (κ3) is 4.45. The molecule has 0 aliphatic carbocycles. The first-order chi connectivity index (χ1) is 12.7. The first-order valence-electron chi connectivity index (χ1n) is 9.00. The van der Waals surface area contributed by atoms with Gasteiger partial charge in [-0.05, 0) is 39.8 Å². The van der Waals surface area contributed by atoms with Crippen LogP contribution in [-0.4, -0.2) is 67.8 Å². The van der Waals surface area contributed by atoms with Crippen LogP contribution in [0.2, 0.25) is 0 Å². The SMILES string of the molecule is CC1CN(C(=O)OC(C)(C)C)CCN1C(=O)c1ncn(-c2ccccc2)n1.